The molecule has 0 unspecified atom stereocenters. The second-order valence-electron chi connectivity index (χ2n) is 7.79. The van der Waals surface area contributed by atoms with Gasteiger partial charge in [-0.05, 0) is 29.8 Å². The first-order chi connectivity index (χ1) is 15.6. The zero-order valence-electron chi connectivity index (χ0n) is 18.2. The molecular weight excluding hydrogens is 422 g/mol. The zero-order valence-corrected chi connectivity index (χ0v) is 19.0. The molecular formula is C25H29N3O3S. The van der Waals surface area contributed by atoms with Crippen molar-refractivity contribution in [2.45, 2.75) is 10.9 Å². The Balaban J connectivity index is 1.49. The van der Waals surface area contributed by atoms with Crippen molar-refractivity contribution in [2.75, 3.05) is 44.7 Å². The minimum Gasteiger partial charge on any atom is -0.495 e. The Morgan fingerprint density at radius 1 is 0.844 bits per heavy atom. The van der Waals surface area contributed by atoms with Crippen molar-refractivity contribution in [1.82, 2.24) is 9.62 Å². The van der Waals surface area contributed by atoms with Crippen LogP contribution in [-0.2, 0) is 10.0 Å². The third-order valence-electron chi connectivity index (χ3n) is 5.89. The molecule has 0 saturated carbocycles. The van der Waals surface area contributed by atoms with E-state index in [1.165, 1.54) is 0 Å². The lowest BCUT2D eigenvalue weighted by molar-refractivity contribution is 0.186. The summed E-state index contributed by atoms with van der Waals surface area (Å²) in [6.45, 7) is 3.65. The van der Waals surface area contributed by atoms with Gasteiger partial charge in [0.15, 0.2) is 0 Å². The summed E-state index contributed by atoms with van der Waals surface area (Å²) in [7, 11) is -1.87. The normalized spacial score (nSPS) is 16.0. The summed E-state index contributed by atoms with van der Waals surface area (Å²) in [4.78, 5) is 4.97. The standard InChI is InChI=1S/C25H29N3O3S/c1-31-25-15-9-8-14-23(25)27-16-18-28(19-17-27)24(21-10-4-2-5-11-21)20-26-32(29,30)22-12-6-3-7-13-22/h2-15,24,26H,16-20H2,1H3/t24-/m0/s1. The summed E-state index contributed by atoms with van der Waals surface area (Å²) in [5.41, 5.74) is 2.20. The van der Waals surface area contributed by atoms with Crippen molar-refractivity contribution >= 4 is 15.7 Å². The number of nitrogens with zero attached hydrogens (tertiary/aromatic N) is 2. The fourth-order valence-corrected chi connectivity index (χ4v) is 5.23. The number of methoxy groups -OCH3 is 1. The quantitative estimate of drug-likeness (QED) is 0.568. The van der Waals surface area contributed by atoms with Gasteiger partial charge in [-0.1, -0.05) is 60.7 Å². The van der Waals surface area contributed by atoms with Crippen molar-refractivity contribution < 1.29 is 13.2 Å². The average Bonchev–Trinajstić information content (AvgIpc) is 2.86. The Kier molecular flexibility index (Phi) is 7.09. The number of ether oxygens (including phenoxy) is 1. The zero-order chi connectivity index (χ0) is 22.4. The molecule has 32 heavy (non-hydrogen) atoms. The van der Waals surface area contributed by atoms with Crippen molar-refractivity contribution in [3.05, 3.63) is 90.5 Å². The van der Waals surface area contributed by atoms with Crippen LogP contribution in [0, 0.1) is 0 Å². The molecule has 1 aliphatic rings. The van der Waals surface area contributed by atoms with Crippen LogP contribution in [0.2, 0.25) is 0 Å². The first-order valence-corrected chi connectivity index (χ1v) is 12.3. The fraction of sp³-hybridized carbons (Fsp3) is 0.280. The summed E-state index contributed by atoms with van der Waals surface area (Å²) >= 11 is 0. The molecule has 0 spiro atoms. The summed E-state index contributed by atoms with van der Waals surface area (Å²) < 4.78 is 34.0. The summed E-state index contributed by atoms with van der Waals surface area (Å²) in [5.74, 6) is 0.871. The van der Waals surface area contributed by atoms with Gasteiger partial charge in [0, 0.05) is 38.8 Å². The molecule has 1 saturated heterocycles. The Morgan fingerprint density at radius 3 is 2.09 bits per heavy atom. The van der Waals surface area contributed by atoms with Crippen molar-refractivity contribution in [2.24, 2.45) is 0 Å². The maximum absolute atomic E-state index is 12.8. The molecule has 6 nitrogen and oxygen atoms in total. The van der Waals surface area contributed by atoms with Gasteiger partial charge in [-0.2, -0.15) is 0 Å². The SMILES string of the molecule is COc1ccccc1N1CCN([C@@H](CNS(=O)(=O)c2ccccc2)c2ccccc2)CC1. The molecule has 0 amide bonds. The highest BCUT2D eigenvalue weighted by Crippen LogP contribution is 2.30. The van der Waals surface area contributed by atoms with Crippen LogP contribution >= 0.6 is 0 Å². The number of anilines is 1. The lowest BCUT2D eigenvalue weighted by Crippen LogP contribution is -2.50. The Hall–Kier alpha value is -2.87. The molecule has 168 valence electrons. The Labute approximate surface area is 190 Å². The summed E-state index contributed by atoms with van der Waals surface area (Å²) in [6, 6.07) is 26.6. The lowest BCUT2D eigenvalue weighted by Gasteiger charge is -2.40. The Bertz CT molecular complexity index is 1100. The number of piperazine rings is 1. The van der Waals surface area contributed by atoms with Gasteiger partial charge in [0.05, 0.1) is 17.7 Å². The van der Waals surface area contributed by atoms with Crippen LogP contribution in [-0.4, -0.2) is 53.2 Å². The molecule has 1 N–H and O–H groups in total. The van der Waals surface area contributed by atoms with Gasteiger partial charge in [0.1, 0.15) is 5.75 Å². The number of hydrogen-bond acceptors (Lipinski definition) is 5. The van der Waals surface area contributed by atoms with E-state index in [2.05, 4.69) is 32.7 Å². The number of sulfonamides is 1. The molecule has 7 heteroatoms. The third-order valence-corrected chi connectivity index (χ3v) is 7.32. The second-order valence-corrected chi connectivity index (χ2v) is 9.55. The molecule has 3 aromatic carbocycles. The van der Waals surface area contributed by atoms with E-state index < -0.39 is 10.0 Å². The largest absolute Gasteiger partial charge is 0.495 e. The maximum Gasteiger partial charge on any atom is 0.240 e. The van der Waals surface area contributed by atoms with Crippen LogP contribution in [0.4, 0.5) is 5.69 Å². The molecule has 0 aromatic heterocycles. The van der Waals surface area contributed by atoms with Crippen LogP contribution < -0.4 is 14.4 Å². The van der Waals surface area contributed by atoms with Gasteiger partial charge in [-0.15, -0.1) is 0 Å². The van der Waals surface area contributed by atoms with E-state index in [0.29, 0.717) is 6.54 Å². The smallest absolute Gasteiger partial charge is 0.240 e. The highest BCUT2D eigenvalue weighted by molar-refractivity contribution is 7.89. The predicted molar refractivity (Wildman–Crippen MR) is 128 cm³/mol. The highest BCUT2D eigenvalue weighted by Gasteiger charge is 2.27. The number of hydrogen-bond donors (Lipinski definition) is 1. The van der Waals surface area contributed by atoms with Gasteiger partial charge in [-0.25, -0.2) is 13.1 Å². The van der Waals surface area contributed by atoms with Crippen LogP contribution in [0.25, 0.3) is 0 Å². The first-order valence-electron chi connectivity index (χ1n) is 10.8. The number of benzene rings is 3. The molecule has 1 aliphatic heterocycles. The monoisotopic (exact) mass is 451 g/mol. The molecule has 1 fully saturated rings. The molecule has 4 rings (SSSR count). The van der Waals surface area contributed by atoms with Crippen LogP contribution in [0.1, 0.15) is 11.6 Å². The highest BCUT2D eigenvalue weighted by atomic mass is 32.2. The van der Waals surface area contributed by atoms with Crippen molar-refractivity contribution in [3.63, 3.8) is 0 Å². The number of para-hydroxylation sites is 2. The van der Waals surface area contributed by atoms with E-state index in [4.69, 9.17) is 4.74 Å². The van der Waals surface area contributed by atoms with Crippen LogP contribution in [0.15, 0.2) is 89.8 Å². The van der Waals surface area contributed by atoms with Crippen molar-refractivity contribution in [3.8, 4) is 5.75 Å². The van der Waals surface area contributed by atoms with E-state index in [1.54, 1.807) is 31.4 Å². The maximum atomic E-state index is 12.8. The topological polar surface area (TPSA) is 61.9 Å². The van der Waals surface area contributed by atoms with E-state index in [-0.39, 0.29) is 10.9 Å². The number of rotatable bonds is 8. The Morgan fingerprint density at radius 2 is 1.44 bits per heavy atom. The van der Waals surface area contributed by atoms with Gasteiger partial charge in [-0.3, -0.25) is 4.90 Å². The van der Waals surface area contributed by atoms with E-state index >= 15 is 0 Å². The first kappa shape index (κ1) is 22.3. The fourth-order valence-electron chi connectivity index (χ4n) is 4.17. The molecule has 0 aliphatic carbocycles. The van der Waals surface area contributed by atoms with Crippen LogP contribution in [0.3, 0.4) is 0 Å². The molecule has 0 radical (unpaired) electrons. The summed E-state index contributed by atoms with van der Waals surface area (Å²) in [5, 5.41) is 0. The van der Waals surface area contributed by atoms with Gasteiger partial charge in [0.25, 0.3) is 0 Å². The minimum absolute atomic E-state index is 0.0468. The van der Waals surface area contributed by atoms with Crippen molar-refractivity contribution in [1.29, 1.82) is 0 Å². The molecule has 0 bridgehead atoms. The second kappa shape index (κ2) is 10.2. The molecule has 1 atom stereocenters. The van der Waals surface area contributed by atoms with Crippen LogP contribution in [0.5, 0.6) is 5.75 Å². The van der Waals surface area contributed by atoms with E-state index in [0.717, 1.165) is 43.2 Å². The summed E-state index contributed by atoms with van der Waals surface area (Å²) in [6.07, 6.45) is 0. The third kappa shape index (κ3) is 5.12. The predicted octanol–water partition coefficient (Wildman–Crippen LogP) is 3.54. The van der Waals surface area contributed by atoms with E-state index in [1.807, 2.05) is 42.5 Å². The number of nitrogens with one attached hydrogen (secondary N) is 1. The van der Waals surface area contributed by atoms with Gasteiger partial charge in [0.2, 0.25) is 10.0 Å². The minimum atomic E-state index is -3.57. The average molecular weight is 452 g/mol. The van der Waals surface area contributed by atoms with E-state index in [9.17, 15) is 8.42 Å². The molecule has 3 aromatic rings. The lowest BCUT2D eigenvalue weighted by atomic mass is 10.0. The van der Waals surface area contributed by atoms with Gasteiger partial charge >= 0.3 is 0 Å². The van der Waals surface area contributed by atoms with Gasteiger partial charge < -0.3 is 9.64 Å². The molecule has 1 heterocycles.